The molecule has 0 aromatic heterocycles. The van der Waals surface area contributed by atoms with Crippen molar-refractivity contribution >= 4 is 5.91 Å². The Kier molecular flexibility index (Phi) is 5.02. The quantitative estimate of drug-likeness (QED) is 0.630. The molecule has 0 radical (unpaired) electrons. The second-order valence-electron chi connectivity index (χ2n) is 3.54. The van der Waals surface area contributed by atoms with Gasteiger partial charge in [0.15, 0.2) is 0 Å². The van der Waals surface area contributed by atoms with Crippen LogP contribution in [0.5, 0.6) is 0 Å². The highest BCUT2D eigenvalue weighted by atomic mass is 19.4. The molecule has 0 spiro atoms. The van der Waals surface area contributed by atoms with E-state index in [-0.39, 0.29) is 13.0 Å². The van der Waals surface area contributed by atoms with Crippen molar-refractivity contribution in [1.29, 1.82) is 0 Å². The van der Waals surface area contributed by atoms with E-state index in [4.69, 9.17) is 5.11 Å². The Bertz CT molecular complexity index is 216. The second kappa shape index (κ2) is 5.32. The Morgan fingerprint density at radius 2 is 1.93 bits per heavy atom. The SMILES string of the molecule is CC(O)(CCO)CC(=O)NCC(F)(F)F. The van der Waals surface area contributed by atoms with Crippen LogP contribution in [0.3, 0.4) is 0 Å². The lowest BCUT2D eigenvalue weighted by atomic mass is 9.98. The van der Waals surface area contributed by atoms with Crippen LogP contribution in [-0.2, 0) is 4.79 Å². The summed E-state index contributed by atoms with van der Waals surface area (Å²) in [6, 6.07) is 0. The molecular weight excluding hydrogens is 215 g/mol. The average Bonchev–Trinajstić information content (AvgIpc) is 1.98. The molecule has 0 aliphatic rings. The predicted molar refractivity (Wildman–Crippen MR) is 46.0 cm³/mol. The van der Waals surface area contributed by atoms with Gasteiger partial charge in [-0.15, -0.1) is 0 Å². The van der Waals surface area contributed by atoms with Gasteiger partial charge in [-0.25, -0.2) is 0 Å². The van der Waals surface area contributed by atoms with Crippen molar-refractivity contribution in [2.75, 3.05) is 13.2 Å². The molecule has 90 valence electrons. The Morgan fingerprint density at radius 3 is 2.33 bits per heavy atom. The van der Waals surface area contributed by atoms with E-state index in [1.54, 1.807) is 5.32 Å². The zero-order valence-corrected chi connectivity index (χ0v) is 8.26. The minimum Gasteiger partial charge on any atom is -0.396 e. The van der Waals surface area contributed by atoms with E-state index in [1.807, 2.05) is 0 Å². The summed E-state index contributed by atoms with van der Waals surface area (Å²) in [5.74, 6) is -0.897. The van der Waals surface area contributed by atoms with Gasteiger partial charge in [-0.2, -0.15) is 13.2 Å². The van der Waals surface area contributed by atoms with Crippen molar-refractivity contribution in [2.45, 2.75) is 31.5 Å². The maximum Gasteiger partial charge on any atom is 0.405 e. The maximum atomic E-state index is 11.7. The van der Waals surface area contributed by atoms with E-state index >= 15 is 0 Å². The summed E-state index contributed by atoms with van der Waals surface area (Å²) in [5, 5.41) is 19.5. The van der Waals surface area contributed by atoms with Crippen LogP contribution >= 0.6 is 0 Å². The highest BCUT2D eigenvalue weighted by Crippen LogP contribution is 2.15. The van der Waals surface area contributed by atoms with Crippen molar-refractivity contribution < 1.29 is 28.2 Å². The normalized spacial score (nSPS) is 15.9. The van der Waals surface area contributed by atoms with E-state index < -0.39 is 30.7 Å². The van der Waals surface area contributed by atoms with E-state index in [1.165, 1.54) is 6.92 Å². The number of halogens is 3. The number of carbonyl (C=O) groups excluding carboxylic acids is 1. The zero-order valence-electron chi connectivity index (χ0n) is 8.26. The summed E-state index contributed by atoms with van der Waals surface area (Å²) in [6.45, 7) is -0.475. The molecule has 0 saturated heterocycles. The van der Waals surface area contributed by atoms with Gasteiger partial charge in [0, 0.05) is 6.61 Å². The van der Waals surface area contributed by atoms with Crippen molar-refractivity contribution in [3.63, 3.8) is 0 Å². The van der Waals surface area contributed by atoms with Gasteiger partial charge < -0.3 is 15.5 Å². The first kappa shape index (κ1) is 14.2. The number of alkyl halides is 3. The molecule has 4 nitrogen and oxygen atoms in total. The first-order valence-corrected chi connectivity index (χ1v) is 4.33. The second-order valence-corrected chi connectivity index (χ2v) is 3.54. The van der Waals surface area contributed by atoms with Crippen molar-refractivity contribution in [3.05, 3.63) is 0 Å². The molecule has 0 bridgehead atoms. The summed E-state index contributed by atoms with van der Waals surface area (Å²) in [7, 11) is 0. The van der Waals surface area contributed by atoms with Gasteiger partial charge >= 0.3 is 6.18 Å². The highest BCUT2D eigenvalue weighted by molar-refractivity contribution is 5.76. The van der Waals surface area contributed by atoms with Gasteiger partial charge in [-0.3, -0.25) is 4.79 Å². The zero-order chi connectivity index (χ0) is 12.1. The molecule has 1 unspecified atom stereocenters. The Balaban J connectivity index is 3.93. The number of amides is 1. The van der Waals surface area contributed by atoms with E-state index in [0.29, 0.717) is 0 Å². The molecule has 0 aliphatic carbocycles. The van der Waals surface area contributed by atoms with Crippen LogP contribution in [0.1, 0.15) is 19.8 Å². The first-order chi connectivity index (χ1) is 6.66. The number of hydrogen-bond acceptors (Lipinski definition) is 3. The highest BCUT2D eigenvalue weighted by Gasteiger charge is 2.29. The molecule has 1 atom stereocenters. The fourth-order valence-electron chi connectivity index (χ4n) is 0.936. The lowest BCUT2D eigenvalue weighted by Crippen LogP contribution is -2.39. The summed E-state index contributed by atoms with van der Waals surface area (Å²) < 4.78 is 35.0. The predicted octanol–water partition coefficient (Wildman–Crippen LogP) is 0.188. The summed E-state index contributed by atoms with van der Waals surface area (Å²) in [6.07, 6.45) is -4.99. The monoisotopic (exact) mass is 229 g/mol. The van der Waals surface area contributed by atoms with Crippen LogP contribution in [0, 0.1) is 0 Å². The first-order valence-electron chi connectivity index (χ1n) is 4.33. The van der Waals surface area contributed by atoms with Gasteiger partial charge in [0.05, 0.1) is 12.0 Å². The van der Waals surface area contributed by atoms with Gasteiger partial charge in [0.2, 0.25) is 5.91 Å². The number of carbonyl (C=O) groups is 1. The average molecular weight is 229 g/mol. The fraction of sp³-hybridized carbons (Fsp3) is 0.875. The minimum absolute atomic E-state index is 0.0631. The third-order valence-electron chi connectivity index (χ3n) is 1.68. The van der Waals surface area contributed by atoms with Crippen LogP contribution in [0.4, 0.5) is 13.2 Å². The molecular formula is C8H14F3NO3. The van der Waals surface area contributed by atoms with Crippen molar-refractivity contribution in [3.8, 4) is 0 Å². The standard InChI is InChI=1S/C8H14F3NO3/c1-7(15,2-3-13)4-6(14)12-5-8(9,10)11/h13,15H,2-5H2,1H3,(H,12,14). The topological polar surface area (TPSA) is 69.6 Å². The third kappa shape index (κ3) is 8.19. The molecule has 1 amide bonds. The molecule has 0 aromatic carbocycles. The Labute approximate surface area is 85.1 Å². The minimum atomic E-state index is -4.46. The number of nitrogens with one attached hydrogen (secondary N) is 1. The molecule has 0 aromatic rings. The van der Waals surface area contributed by atoms with Crippen LogP contribution in [-0.4, -0.2) is 41.0 Å². The Morgan fingerprint density at radius 1 is 1.40 bits per heavy atom. The van der Waals surface area contributed by atoms with Gasteiger partial charge in [-0.1, -0.05) is 0 Å². The molecule has 15 heavy (non-hydrogen) atoms. The molecule has 0 aliphatic heterocycles. The number of hydrogen-bond donors (Lipinski definition) is 3. The lowest BCUT2D eigenvalue weighted by molar-refractivity contribution is -0.141. The lowest BCUT2D eigenvalue weighted by Gasteiger charge is -2.21. The van der Waals surface area contributed by atoms with Crippen molar-refractivity contribution in [1.82, 2.24) is 5.32 Å². The third-order valence-corrected chi connectivity index (χ3v) is 1.68. The Hall–Kier alpha value is -0.820. The number of aliphatic hydroxyl groups excluding tert-OH is 1. The number of rotatable bonds is 5. The van der Waals surface area contributed by atoms with Crippen LogP contribution in [0.2, 0.25) is 0 Å². The molecule has 7 heteroatoms. The summed E-state index contributed by atoms with van der Waals surface area (Å²) in [4.78, 5) is 10.9. The van der Waals surface area contributed by atoms with Gasteiger partial charge in [-0.05, 0) is 13.3 Å². The summed E-state index contributed by atoms with van der Waals surface area (Å²) in [5.41, 5.74) is -1.48. The van der Waals surface area contributed by atoms with Crippen molar-refractivity contribution in [2.24, 2.45) is 0 Å². The van der Waals surface area contributed by atoms with E-state index in [2.05, 4.69) is 0 Å². The molecule has 0 saturated carbocycles. The van der Waals surface area contributed by atoms with Gasteiger partial charge in [0.1, 0.15) is 6.54 Å². The molecule has 0 heterocycles. The number of aliphatic hydroxyl groups is 2. The smallest absolute Gasteiger partial charge is 0.396 e. The molecule has 0 rings (SSSR count). The molecule has 3 N–H and O–H groups in total. The van der Waals surface area contributed by atoms with E-state index in [0.717, 1.165) is 0 Å². The largest absolute Gasteiger partial charge is 0.405 e. The van der Waals surface area contributed by atoms with Crippen LogP contribution in [0.25, 0.3) is 0 Å². The van der Waals surface area contributed by atoms with Crippen LogP contribution < -0.4 is 5.32 Å². The fourth-order valence-corrected chi connectivity index (χ4v) is 0.936. The summed E-state index contributed by atoms with van der Waals surface area (Å²) >= 11 is 0. The van der Waals surface area contributed by atoms with Gasteiger partial charge in [0.25, 0.3) is 0 Å². The van der Waals surface area contributed by atoms with E-state index in [9.17, 15) is 23.1 Å². The maximum absolute atomic E-state index is 11.7. The van der Waals surface area contributed by atoms with Crippen LogP contribution in [0.15, 0.2) is 0 Å². The molecule has 0 fully saturated rings.